The maximum atomic E-state index is 13.8. The van der Waals surface area contributed by atoms with Crippen molar-refractivity contribution in [2.24, 2.45) is 7.05 Å². The summed E-state index contributed by atoms with van der Waals surface area (Å²) in [6, 6.07) is 9.13. The molecule has 1 aliphatic carbocycles. The Hall–Kier alpha value is -3.42. The van der Waals surface area contributed by atoms with Crippen molar-refractivity contribution in [3.63, 3.8) is 0 Å². The molecular weight excluding hydrogens is 599 g/mol. The Labute approximate surface area is 259 Å². The third-order valence-corrected chi connectivity index (χ3v) is 15.0. The van der Waals surface area contributed by atoms with Gasteiger partial charge in [0.1, 0.15) is 5.60 Å². The summed E-state index contributed by atoms with van der Waals surface area (Å²) in [4.78, 5) is 31.4. The summed E-state index contributed by atoms with van der Waals surface area (Å²) < 4.78 is 43.9. The van der Waals surface area contributed by atoms with Crippen LogP contribution in [-0.2, 0) is 26.2 Å². The first-order chi connectivity index (χ1) is 20.3. The monoisotopic (exact) mass is 641 g/mol. The molecule has 0 bridgehead atoms. The molecule has 1 aromatic carbocycles. The molecule has 0 aliphatic heterocycles. The Balaban J connectivity index is 1.60. The van der Waals surface area contributed by atoms with E-state index in [0.717, 1.165) is 3.97 Å². The second-order valence-corrected chi connectivity index (χ2v) is 20.7. The number of nitrogens with zero attached hydrogens (tertiary/aromatic N) is 4. The molecule has 3 atom stereocenters. The van der Waals surface area contributed by atoms with Crippen LogP contribution >= 0.6 is 0 Å². The normalized spacial score (nSPS) is 20.0. The molecule has 0 spiro atoms. The van der Waals surface area contributed by atoms with Crippen LogP contribution in [0.1, 0.15) is 60.4 Å². The number of amides is 1. The van der Waals surface area contributed by atoms with E-state index in [1.54, 1.807) is 42.1 Å². The van der Waals surface area contributed by atoms with Gasteiger partial charge in [0.25, 0.3) is 10.0 Å². The van der Waals surface area contributed by atoms with Gasteiger partial charge >= 0.3 is 11.8 Å². The highest BCUT2D eigenvalue weighted by Crippen LogP contribution is 2.42. The zero-order valence-corrected chi connectivity index (χ0v) is 28.7. The lowest BCUT2D eigenvalue weighted by atomic mass is 10.2. The van der Waals surface area contributed by atoms with E-state index in [2.05, 4.69) is 44.2 Å². The smallest absolute Gasteiger partial charge is 0.407 e. The number of hydrogen-bond acceptors (Lipinski definition) is 7. The largest absolute Gasteiger partial charge is 0.444 e. The van der Waals surface area contributed by atoms with Gasteiger partial charge in [-0.15, -0.1) is 0 Å². The van der Waals surface area contributed by atoms with Crippen LogP contribution in [0.25, 0.3) is 22.1 Å². The number of fused-ring (bicyclic) bond motifs is 3. The van der Waals surface area contributed by atoms with E-state index in [4.69, 9.17) is 9.16 Å². The van der Waals surface area contributed by atoms with Crippen LogP contribution in [0, 0.1) is 0 Å². The standard InChI is InChI=1S/C31H43N5O6SSi/c1-30(2,3)41-28(37)33-23-17-20(18-25(23)42-44(8,9)31(4,5)6)36-26-22-15-16-35(43(39,40)21-13-11-10-12-14-21)27(22)32-19-24(26)34(7)29(36)38/h10-16,19-20,23,25H,17-18H2,1-9H3,(H,33,37)/t20-,23-,25+/m0/s1. The van der Waals surface area contributed by atoms with Crippen molar-refractivity contribution in [2.75, 3.05) is 0 Å². The fourth-order valence-corrected chi connectivity index (χ4v) is 8.31. The first-order valence-corrected chi connectivity index (χ1v) is 19.2. The predicted molar refractivity (Wildman–Crippen MR) is 173 cm³/mol. The average Bonchev–Trinajstić information content (AvgIpc) is 3.57. The SMILES string of the molecule is Cn1c(=O)n([C@H]2C[C@H](NC(=O)OC(C)(C)C)[C@H](O[Si](C)(C)C(C)(C)C)C2)c2c3ccn(S(=O)(=O)c4ccccc4)c3ncc21. The number of hydrogen-bond donors (Lipinski definition) is 1. The van der Waals surface area contributed by atoms with E-state index in [-0.39, 0.29) is 33.4 Å². The van der Waals surface area contributed by atoms with Crippen LogP contribution in [0.2, 0.25) is 18.1 Å². The summed E-state index contributed by atoms with van der Waals surface area (Å²) >= 11 is 0. The minimum absolute atomic E-state index is 0.0666. The molecule has 1 fully saturated rings. The van der Waals surface area contributed by atoms with E-state index in [1.165, 1.54) is 22.9 Å². The molecule has 0 saturated heterocycles. The minimum Gasteiger partial charge on any atom is -0.444 e. The number of nitrogens with one attached hydrogen (secondary N) is 1. The number of imidazole rings is 1. The summed E-state index contributed by atoms with van der Waals surface area (Å²) in [6.45, 7) is 16.3. The van der Waals surface area contributed by atoms with E-state index in [9.17, 15) is 18.0 Å². The lowest BCUT2D eigenvalue weighted by Crippen LogP contribution is -2.50. The number of ether oxygens (including phenoxy) is 1. The third-order valence-electron chi connectivity index (χ3n) is 8.83. The molecule has 4 aromatic rings. The maximum absolute atomic E-state index is 13.8. The lowest BCUT2D eigenvalue weighted by molar-refractivity contribution is 0.0457. The lowest BCUT2D eigenvalue weighted by Gasteiger charge is -2.40. The van der Waals surface area contributed by atoms with Crippen molar-refractivity contribution in [3.05, 3.63) is 59.3 Å². The molecule has 5 rings (SSSR count). The number of aryl methyl sites for hydroxylation is 1. The summed E-state index contributed by atoms with van der Waals surface area (Å²) in [5.41, 5.74) is 0.496. The van der Waals surface area contributed by atoms with Gasteiger partial charge in [0, 0.05) is 24.7 Å². The first kappa shape index (κ1) is 32.0. The van der Waals surface area contributed by atoms with Gasteiger partial charge in [0.2, 0.25) is 0 Å². The minimum atomic E-state index is -3.92. The van der Waals surface area contributed by atoms with Gasteiger partial charge in [-0.05, 0) is 69.9 Å². The number of aromatic nitrogens is 4. The highest BCUT2D eigenvalue weighted by Gasteiger charge is 2.46. The number of carbonyl (C=O) groups excluding carboxylic acids is 1. The van der Waals surface area contributed by atoms with Crippen molar-refractivity contribution < 1.29 is 22.4 Å². The molecule has 0 radical (unpaired) electrons. The highest BCUT2D eigenvalue weighted by atomic mass is 32.2. The molecule has 1 aliphatic rings. The van der Waals surface area contributed by atoms with Gasteiger partial charge in [0.15, 0.2) is 14.0 Å². The van der Waals surface area contributed by atoms with Gasteiger partial charge in [-0.1, -0.05) is 39.0 Å². The Morgan fingerprint density at radius 3 is 2.32 bits per heavy atom. The second-order valence-electron chi connectivity index (χ2n) is 14.2. The van der Waals surface area contributed by atoms with Crippen LogP contribution in [0.3, 0.4) is 0 Å². The van der Waals surface area contributed by atoms with Crippen LogP contribution < -0.4 is 11.0 Å². The van der Waals surface area contributed by atoms with Crippen LogP contribution in [-0.4, -0.2) is 58.7 Å². The summed E-state index contributed by atoms with van der Waals surface area (Å²) in [7, 11) is -4.50. The molecule has 13 heteroatoms. The van der Waals surface area contributed by atoms with E-state index in [1.807, 2.05) is 20.8 Å². The molecule has 1 saturated carbocycles. The zero-order valence-electron chi connectivity index (χ0n) is 26.9. The number of rotatable bonds is 6. The second kappa shape index (κ2) is 10.9. The van der Waals surface area contributed by atoms with Crippen LogP contribution in [0.4, 0.5) is 4.79 Å². The molecule has 0 unspecified atom stereocenters. The summed E-state index contributed by atoms with van der Waals surface area (Å²) in [6.07, 6.45) is 3.06. The van der Waals surface area contributed by atoms with Gasteiger partial charge in [-0.3, -0.25) is 9.13 Å². The third kappa shape index (κ3) is 5.72. The van der Waals surface area contributed by atoms with Gasteiger partial charge < -0.3 is 14.5 Å². The first-order valence-electron chi connectivity index (χ1n) is 14.9. The molecule has 11 nitrogen and oxygen atoms in total. The number of benzene rings is 1. The van der Waals surface area contributed by atoms with E-state index in [0.29, 0.717) is 29.3 Å². The van der Waals surface area contributed by atoms with Crippen molar-refractivity contribution in [1.82, 2.24) is 23.4 Å². The molecule has 3 aromatic heterocycles. The molecule has 238 valence electrons. The zero-order chi connectivity index (χ0) is 32.4. The number of pyridine rings is 1. The number of alkyl carbamates (subject to hydrolysis) is 1. The van der Waals surface area contributed by atoms with Crippen molar-refractivity contribution in [1.29, 1.82) is 0 Å². The van der Waals surface area contributed by atoms with Gasteiger partial charge in [0.05, 0.1) is 34.3 Å². The molecule has 1 amide bonds. The maximum Gasteiger partial charge on any atom is 0.407 e. The Morgan fingerprint density at radius 2 is 1.70 bits per heavy atom. The van der Waals surface area contributed by atoms with Crippen LogP contribution in [0.5, 0.6) is 0 Å². The molecule has 1 N–H and O–H groups in total. The Bertz CT molecular complexity index is 1880. The van der Waals surface area contributed by atoms with Crippen molar-refractivity contribution in [2.45, 2.75) is 101 Å². The van der Waals surface area contributed by atoms with Crippen molar-refractivity contribution in [3.8, 4) is 0 Å². The van der Waals surface area contributed by atoms with Crippen molar-refractivity contribution >= 4 is 46.5 Å². The predicted octanol–water partition coefficient (Wildman–Crippen LogP) is 5.55. The van der Waals surface area contributed by atoms with Gasteiger partial charge in [-0.2, -0.15) is 0 Å². The average molecular weight is 642 g/mol. The highest BCUT2D eigenvalue weighted by molar-refractivity contribution is 7.90. The quantitative estimate of drug-likeness (QED) is 0.274. The molecule has 44 heavy (non-hydrogen) atoms. The number of carbonyl (C=O) groups is 1. The molecular formula is C31H43N5O6SSi. The van der Waals surface area contributed by atoms with Gasteiger partial charge in [-0.25, -0.2) is 27.0 Å². The molecule has 3 heterocycles. The summed E-state index contributed by atoms with van der Waals surface area (Å²) in [5, 5.41) is 3.51. The fourth-order valence-electron chi connectivity index (χ4n) is 5.62. The Kier molecular flexibility index (Phi) is 7.91. The van der Waals surface area contributed by atoms with Crippen LogP contribution in [0.15, 0.2) is 58.5 Å². The fraction of sp³-hybridized carbons (Fsp3) is 0.516. The topological polar surface area (TPSA) is 126 Å². The summed E-state index contributed by atoms with van der Waals surface area (Å²) in [5.74, 6) is 0. The Morgan fingerprint density at radius 1 is 1.05 bits per heavy atom. The van der Waals surface area contributed by atoms with E-state index >= 15 is 0 Å². The van der Waals surface area contributed by atoms with E-state index < -0.39 is 36.1 Å².